The number of nitrogen functional groups attached to an aromatic ring is 1. The Hall–Kier alpha value is -3.23. The van der Waals surface area contributed by atoms with E-state index in [1.54, 1.807) is 30.6 Å². The average molecular weight is 381 g/mol. The molecule has 0 radical (unpaired) electrons. The molecule has 28 heavy (non-hydrogen) atoms. The Bertz CT molecular complexity index is 862. The molecule has 2 aliphatic rings. The molecular weight excluding hydrogens is 358 g/mol. The van der Waals surface area contributed by atoms with Gasteiger partial charge in [-0.2, -0.15) is 0 Å². The largest absolute Gasteiger partial charge is 0.382 e. The summed E-state index contributed by atoms with van der Waals surface area (Å²) in [5.41, 5.74) is 5.93. The first-order chi connectivity index (χ1) is 13.6. The molecule has 1 aliphatic heterocycles. The SMILES string of the molecule is Nc1ncc(N2CCN(C(=O)C3CCC3)CC2)nc1C(=O)Nc1ccccn1. The molecule has 0 spiro atoms. The second kappa shape index (κ2) is 7.79. The van der Waals surface area contributed by atoms with Crippen LogP contribution in [0.2, 0.25) is 0 Å². The fourth-order valence-corrected chi connectivity index (χ4v) is 3.39. The zero-order chi connectivity index (χ0) is 19.5. The van der Waals surface area contributed by atoms with Crippen molar-refractivity contribution >= 4 is 29.3 Å². The van der Waals surface area contributed by atoms with Gasteiger partial charge in [-0.25, -0.2) is 15.0 Å². The maximum absolute atomic E-state index is 12.5. The summed E-state index contributed by atoms with van der Waals surface area (Å²) in [6.07, 6.45) is 6.33. The normalized spacial score (nSPS) is 17.1. The zero-order valence-corrected chi connectivity index (χ0v) is 15.5. The van der Waals surface area contributed by atoms with E-state index in [9.17, 15) is 9.59 Å². The first-order valence-corrected chi connectivity index (χ1v) is 9.50. The lowest BCUT2D eigenvalue weighted by molar-refractivity contribution is -0.138. The molecule has 3 N–H and O–H groups in total. The van der Waals surface area contributed by atoms with E-state index in [-0.39, 0.29) is 23.3 Å². The predicted octanol–water partition coefficient (Wildman–Crippen LogP) is 1.15. The molecule has 0 aromatic carbocycles. The molecule has 2 fully saturated rings. The van der Waals surface area contributed by atoms with Crippen LogP contribution in [-0.4, -0.2) is 57.8 Å². The fourth-order valence-electron chi connectivity index (χ4n) is 3.39. The third kappa shape index (κ3) is 3.73. The second-order valence-electron chi connectivity index (χ2n) is 7.07. The van der Waals surface area contributed by atoms with Crippen LogP contribution in [0.5, 0.6) is 0 Å². The first-order valence-electron chi connectivity index (χ1n) is 9.50. The van der Waals surface area contributed by atoms with Gasteiger partial charge in [-0.1, -0.05) is 12.5 Å². The first kappa shape index (κ1) is 18.1. The van der Waals surface area contributed by atoms with Crippen molar-refractivity contribution in [3.63, 3.8) is 0 Å². The fraction of sp³-hybridized carbons (Fsp3) is 0.421. The molecule has 1 saturated heterocycles. The van der Waals surface area contributed by atoms with Crippen molar-refractivity contribution in [2.75, 3.05) is 42.1 Å². The lowest BCUT2D eigenvalue weighted by Gasteiger charge is -2.38. The van der Waals surface area contributed by atoms with Gasteiger partial charge in [0.05, 0.1) is 6.20 Å². The Kier molecular flexibility index (Phi) is 5.05. The van der Waals surface area contributed by atoms with Gasteiger partial charge in [0.25, 0.3) is 5.91 Å². The van der Waals surface area contributed by atoms with Crippen LogP contribution in [-0.2, 0) is 4.79 Å². The summed E-state index contributed by atoms with van der Waals surface area (Å²) in [5, 5.41) is 2.67. The number of pyridine rings is 1. The van der Waals surface area contributed by atoms with Crippen LogP contribution in [0.25, 0.3) is 0 Å². The molecule has 2 aromatic heterocycles. The van der Waals surface area contributed by atoms with Gasteiger partial charge >= 0.3 is 0 Å². The Morgan fingerprint density at radius 1 is 1.11 bits per heavy atom. The number of aromatic nitrogens is 3. The van der Waals surface area contributed by atoms with Crippen molar-refractivity contribution in [3.8, 4) is 0 Å². The van der Waals surface area contributed by atoms with Gasteiger partial charge in [0.15, 0.2) is 11.5 Å². The summed E-state index contributed by atoms with van der Waals surface area (Å²) in [5.74, 6) is 1.09. The van der Waals surface area contributed by atoms with E-state index in [2.05, 4.69) is 20.3 Å². The predicted molar refractivity (Wildman–Crippen MR) is 105 cm³/mol. The lowest BCUT2D eigenvalue weighted by atomic mass is 9.84. The molecule has 1 aliphatic carbocycles. The minimum absolute atomic E-state index is 0.0657. The standard InChI is InChI=1S/C19H23N7O2/c20-17-16(18(27)23-14-6-1-2-7-21-14)24-15(12-22-17)25-8-10-26(11-9-25)19(28)13-4-3-5-13/h1-2,6-7,12-13H,3-5,8-11H2,(H2,20,22)(H,21,23,27). The van der Waals surface area contributed by atoms with Crippen LogP contribution in [0.3, 0.4) is 0 Å². The third-order valence-corrected chi connectivity index (χ3v) is 5.28. The monoisotopic (exact) mass is 381 g/mol. The molecule has 2 aromatic rings. The topological polar surface area (TPSA) is 117 Å². The number of anilines is 3. The Morgan fingerprint density at radius 3 is 2.54 bits per heavy atom. The van der Waals surface area contributed by atoms with Gasteiger partial charge in [-0.3, -0.25) is 9.59 Å². The van der Waals surface area contributed by atoms with E-state index in [0.717, 1.165) is 19.3 Å². The Morgan fingerprint density at radius 2 is 1.89 bits per heavy atom. The number of piperazine rings is 1. The lowest BCUT2D eigenvalue weighted by Crippen LogP contribution is -2.51. The maximum atomic E-state index is 12.5. The molecule has 9 heteroatoms. The number of rotatable bonds is 4. The van der Waals surface area contributed by atoms with Gasteiger partial charge in [0.2, 0.25) is 5.91 Å². The minimum atomic E-state index is -0.454. The summed E-state index contributed by atoms with van der Waals surface area (Å²) < 4.78 is 0. The summed E-state index contributed by atoms with van der Waals surface area (Å²) in [4.78, 5) is 41.5. The van der Waals surface area contributed by atoms with E-state index in [0.29, 0.717) is 37.8 Å². The molecule has 2 amide bonds. The van der Waals surface area contributed by atoms with Crippen LogP contribution in [0.1, 0.15) is 29.8 Å². The summed E-state index contributed by atoms with van der Waals surface area (Å²) >= 11 is 0. The number of nitrogens with one attached hydrogen (secondary N) is 1. The second-order valence-corrected chi connectivity index (χ2v) is 7.07. The third-order valence-electron chi connectivity index (χ3n) is 5.28. The van der Waals surface area contributed by atoms with Gasteiger partial charge < -0.3 is 20.9 Å². The number of nitrogens with zero attached hydrogens (tertiary/aromatic N) is 5. The number of nitrogens with two attached hydrogens (primary N) is 1. The number of carbonyl (C=O) groups is 2. The summed E-state index contributed by atoms with van der Waals surface area (Å²) in [6.45, 7) is 2.60. The van der Waals surface area contributed by atoms with Gasteiger partial charge in [-0.05, 0) is 25.0 Å². The van der Waals surface area contributed by atoms with E-state index >= 15 is 0 Å². The number of carbonyl (C=O) groups excluding carboxylic acids is 2. The van der Waals surface area contributed by atoms with Gasteiger partial charge in [0.1, 0.15) is 11.6 Å². The molecule has 3 heterocycles. The molecule has 0 bridgehead atoms. The van der Waals surface area contributed by atoms with Crippen molar-refractivity contribution in [3.05, 3.63) is 36.3 Å². The van der Waals surface area contributed by atoms with E-state index < -0.39 is 5.91 Å². The number of hydrogen-bond acceptors (Lipinski definition) is 7. The highest BCUT2D eigenvalue weighted by Gasteiger charge is 2.31. The van der Waals surface area contributed by atoms with Crippen molar-refractivity contribution in [1.82, 2.24) is 19.9 Å². The van der Waals surface area contributed by atoms with Crippen molar-refractivity contribution in [2.24, 2.45) is 5.92 Å². The van der Waals surface area contributed by atoms with Gasteiger partial charge in [-0.15, -0.1) is 0 Å². The molecule has 4 rings (SSSR count). The Labute approximate surface area is 163 Å². The smallest absolute Gasteiger partial charge is 0.279 e. The van der Waals surface area contributed by atoms with Crippen LogP contribution < -0.4 is 16.0 Å². The van der Waals surface area contributed by atoms with Crippen molar-refractivity contribution in [1.29, 1.82) is 0 Å². The maximum Gasteiger partial charge on any atom is 0.279 e. The molecule has 0 unspecified atom stereocenters. The molecule has 0 atom stereocenters. The van der Waals surface area contributed by atoms with Crippen LogP contribution in [0.15, 0.2) is 30.6 Å². The molecule has 1 saturated carbocycles. The minimum Gasteiger partial charge on any atom is -0.382 e. The quantitative estimate of drug-likeness (QED) is 0.816. The van der Waals surface area contributed by atoms with E-state index in [1.165, 1.54) is 0 Å². The van der Waals surface area contributed by atoms with Crippen LogP contribution in [0, 0.1) is 5.92 Å². The number of hydrogen-bond donors (Lipinski definition) is 2. The Balaban J connectivity index is 1.42. The van der Waals surface area contributed by atoms with E-state index in [1.807, 2.05) is 9.80 Å². The van der Waals surface area contributed by atoms with Crippen molar-refractivity contribution < 1.29 is 9.59 Å². The van der Waals surface area contributed by atoms with Crippen LogP contribution >= 0.6 is 0 Å². The van der Waals surface area contributed by atoms with E-state index in [4.69, 9.17) is 5.73 Å². The highest BCUT2D eigenvalue weighted by molar-refractivity contribution is 6.05. The molecular formula is C19H23N7O2. The van der Waals surface area contributed by atoms with Crippen LogP contribution in [0.4, 0.5) is 17.5 Å². The molecule has 146 valence electrons. The van der Waals surface area contributed by atoms with Gasteiger partial charge in [0, 0.05) is 38.3 Å². The molecule has 9 nitrogen and oxygen atoms in total. The highest BCUT2D eigenvalue weighted by atomic mass is 16.2. The average Bonchev–Trinajstić information content (AvgIpc) is 2.68. The highest BCUT2D eigenvalue weighted by Crippen LogP contribution is 2.29. The summed E-state index contributed by atoms with van der Waals surface area (Å²) in [6, 6.07) is 5.22. The zero-order valence-electron chi connectivity index (χ0n) is 15.5. The van der Waals surface area contributed by atoms with Crippen molar-refractivity contribution in [2.45, 2.75) is 19.3 Å². The summed E-state index contributed by atoms with van der Waals surface area (Å²) in [7, 11) is 0. The number of amides is 2.